The monoisotopic (exact) mass is 309 g/mol. The van der Waals surface area contributed by atoms with Crippen LogP contribution in [-0.2, 0) is 14.2 Å². The van der Waals surface area contributed by atoms with E-state index in [1.807, 2.05) is 13.1 Å². The molecule has 122 valence electrons. The zero-order chi connectivity index (χ0) is 15.1. The first-order valence-electron chi connectivity index (χ1n) is 8.02. The second-order valence-electron chi connectivity index (χ2n) is 6.43. The number of aryl methyl sites for hydroxylation is 1. The summed E-state index contributed by atoms with van der Waals surface area (Å²) < 4.78 is 18.9. The number of aliphatic hydroxyl groups excluding tert-OH is 1. The normalized spacial score (nSPS) is 39.3. The molecule has 3 saturated heterocycles. The summed E-state index contributed by atoms with van der Waals surface area (Å²) in [5.41, 5.74) is 1.06. The quantitative estimate of drug-likeness (QED) is 0.817. The van der Waals surface area contributed by atoms with Crippen LogP contribution < -0.4 is 5.32 Å². The molecule has 3 fully saturated rings. The Bertz CT molecular complexity index is 517. The molecule has 3 aliphatic heterocycles. The van der Waals surface area contributed by atoms with Gasteiger partial charge in [0.2, 0.25) is 0 Å². The standard InChI is InChI=1S/C15H23N3O4/c1-9-6-16-18(7-9)13-14(19)12(11-8-21-15(13)22-11)17-10-2-4-20-5-3-10/h6-7,10-15,17,19H,2-5,8H2,1H3. The highest BCUT2D eigenvalue weighted by molar-refractivity contribution is 5.05. The van der Waals surface area contributed by atoms with Crippen molar-refractivity contribution < 1.29 is 19.3 Å². The number of nitrogens with zero attached hydrogens (tertiary/aromatic N) is 2. The number of aliphatic hydroxyl groups is 1. The molecule has 2 bridgehead atoms. The third-order valence-electron chi connectivity index (χ3n) is 4.82. The fourth-order valence-corrected chi connectivity index (χ4v) is 3.62. The van der Waals surface area contributed by atoms with Crippen molar-refractivity contribution in [2.24, 2.45) is 0 Å². The Labute approximate surface area is 129 Å². The van der Waals surface area contributed by atoms with Gasteiger partial charge in [-0.2, -0.15) is 5.10 Å². The molecule has 0 saturated carbocycles. The molecule has 5 unspecified atom stereocenters. The summed E-state index contributed by atoms with van der Waals surface area (Å²) in [6.07, 6.45) is 4.52. The Morgan fingerprint density at radius 1 is 1.36 bits per heavy atom. The van der Waals surface area contributed by atoms with E-state index in [4.69, 9.17) is 14.2 Å². The van der Waals surface area contributed by atoms with E-state index in [1.165, 1.54) is 0 Å². The molecule has 2 N–H and O–H groups in total. The van der Waals surface area contributed by atoms with Crippen LogP contribution in [0.5, 0.6) is 0 Å². The van der Waals surface area contributed by atoms with Crippen LogP contribution in [0.15, 0.2) is 12.4 Å². The number of ether oxygens (including phenoxy) is 3. The molecule has 1 aromatic rings. The smallest absolute Gasteiger partial charge is 0.183 e. The molecule has 5 atom stereocenters. The molecule has 0 spiro atoms. The summed E-state index contributed by atoms with van der Waals surface area (Å²) in [7, 11) is 0. The number of aromatic nitrogens is 2. The van der Waals surface area contributed by atoms with E-state index in [2.05, 4.69) is 10.4 Å². The Morgan fingerprint density at radius 2 is 2.18 bits per heavy atom. The molecule has 7 heteroatoms. The second-order valence-corrected chi connectivity index (χ2v) is 6.43. The highest BCUT2D eigenvalue weighted by atomic mass is 16.7. The van der Waals surface area contributed by atoms with Gasteiger partial charge in [0, 0.05) is 25.5 Å². The Balaban J connectivity index is 1.53. The van der Waals surface area contributed by atoms with Crippen LogP contribution in [-0.4, -0.2) is 65.3 Å². The zero-order valence-corrected chi connectivity index (χ0v) is 12.7. The molecule has 0 aromatic carbocycles. The van der Waals surface area contributed by atoms with Gasteiger partial charge < -0.3 is 24.6 Å². The largest absolute Gasteiger partial charge is 0.389 e. The minimum Gasteiger partial charge on any atom is -0.389 e. The van der Waals surface area contributed by atoms with Gasteiger partial charge in [0.1, 0.15) is 12.1 Å². The van der Waals surface area contributed by atoms with E-state index in [9.17, 15) is 5.11 Å². The first-order valence-corrected chi connectivity index (χ1v) is 8.02. The summed E-state index contributed by atoms with van der Waals surface area (Å²) in [5.74, 6) is 0. The molecule has 7 nitrogen and oxygen atoms in total. The van der Waals surface area contributed by atoms with Gasteiger partial charge in [0.05, 0.1) is 24.9 Å². The van der Waals surface area contributed by atoms with Crippen LogP contribution in [0.25, 0.3) is 0 Å². The van der Waals surface area contributed by atoms with Crippen molar-refractivity contribution in [3.63, 3.8) is 0 Å². The molecule has 3 aliphatic rings. The highest BCUT2D eigenvalue weighted by Crippen LogP contribution is 2.36. The van der Waals surface area contributed by atoms with Crippen LogP contribution in [0.3, 0.4) is 0 Å². The zero-order valence-electron chi connectivity index (χ0n) is 12.7. The number of fused-ring (bicyclic) bond motifs is 2. The van der Waals surface area contributed by atoms with Crippen LogP contribution in [0.4, 0.5) is 0 Å². The fraction of sp³-hybridized carbons (Fsp3) is 0.800. The lowest BCUT2D eigenvalue weighted by molar-refractivity contribution is -0.169. The predicted octanol–water partition coefficient (Wildman–Crippen LogP) is -0.0142. The van der Waals surface area contributed by atoms with Gasteiger partial charge in [0.25, 0.3) is 0 Å². The minimum absolute atomic E-state index is 0.101. The lowest BCUT2D eigenvalue weighted by Gasteiger charge is -2.40. The summed E-state index contributed by atoms with van der Waals surface area (Å²) in [4.78, 5) is 0. The van der Waals surface area contributed by atoms with E-state index in [1.54, 1.807) is 10.9 Å². The minimum atomic E-state index is -0.589. The molecule has 0 aliphatic carbocycles. The molecule has 4 heterocycles. The molecule has 0 amide bonds. The van der Waals surface area contributed by atoms with Crippen molar-refractivity contribution in [3.05, 3.63) is 18.0 Å². The predicted molar refractivity (Wildman–Crippen MR) is 77.4 cm³/mol. The number of nitrogens with one attached hydrogen (secondary N) is 1. The van der Waals surface area contributed by atoms with Gasteiger partial charge in [-0.3, -0.25) is 4.68 Å². The van der Waals surface area contributed by atoms with Gasteiger partial charge in [-0.15, -0.1) is 0 Å². The lowest BCUT2D eigenvalue weighted by atomic mass is 9.94. The summed E-state index contributed by atoms with van der Waals surface area (Å²) in [6, 6.07) is -0.102. The van der Waals surface area contributed by atoms with E-state index >= 15 is 0 Å². The number of hydrogen-bond acceptors (Lipinski definition) is 6. The SMILES string of the molecule is Cc1cnn(C2C3OCC(O3)C(NC3CCOCC3)C2O)c1. The van der Waals surface area contributed by atoms with Crippen molar-refractivity contribution in [3.8, 4) is 0 Å². The van der Waals surface area contributed by atoms with Crippen molar-refractivity contribution in [1.82, 2.24) is 15.1 Å². The van der Waals surface area contributed by atoms with Gasteiger partial charge in [-0.25, -0.2) is 0 Å². The van der Waals surface area contributed by atoms with Crippen LogP contribution in [0, 0.1) is 6.92 Å². The summed E-state index contributed by atoms with van der Waals surface area (Å²) in [6.45, 7) is 4.04. The second kappa shape index (κ2) is 5.90. The third kappa shape index (κ3) is 2.57. The maximum atomic E-state index is 10.9. The van der Waals surface area contributed by atoms with Gasteiger partial charge >= 0.3 is 0 Å². The Hall–Kier alpha value is -0.990. The molecule has 4 rings (SSSR count). The van der Waals surface area contributed by atoms with Crippen molar-refractivity contribution in [2.45, 2.75) is 56.4 Å². The first-order chi connectivity index (χ1) is 10.7. The molecule has 1 aromatic heterocycles. The first kappa shape index (κ1) is 14.6. The van der Waals surface area contributed by atoms with Gasteiger partial charge in [0.15, 0.2) is 6.29 Å². The lowest BCUT2D eigenvalue weighted by Crippen LogP contribution is -2.60. The Kier molecular flexibility index (Phi) is 3.91. The van der Waals surface area contributed by atoms with Crippen LogP contribution in [0.1, 0.15) is 24.4 Å². The van der Waals surface area contributed by atoms with E-state index in [-0.39, 0.29) is 18.2 Å². The van der Waals surface area contributed by atoms with Gasteiger partial charge in [-0.05, 0) is 25.3 Å². The maximum Gasteiger partial charge on any atom is 0.183 e. The number of hydrogen-bond donors (Lipinski definition) is 2. The topological polar surface area (TPSA) is 77.8 Å². The third-order valence-corrected chi connectivity index (χ3v) is 4.82. The van der Waals surface area contributed by atoms with E-state index in [0.717, 1.165) is 31.6 Å². The highest BCUT2D eigenvalue weighted by Gasteiger charge is 2.51. The molecule has 22 heavy (non-hydrogen) atoms. The molecule has 0 radical (unpaired) electrons. The van der Waals surface area contributed by atoms with E-state index in [0.29, 0.717) is 12.6 Å². The van der Waals surface area contributed by atoms with Gasteiger partial charge in [-0.1, -0.05) is 0 Å². The van der Waals surface area contributed by atoms with Crippen molar-refractivity contribution >= 4 is 0 Å². The summed E-state index contributed by atoms with van der Waals surface area (Å²) >= 11 is 0. The Morgan fingerprint density at radius 3 is 2.91 bits per heavy atom. The van der Waals surface area contributed by atoms with Crippen molar-refractivity contribution in [2.75, 3.05) is 19.8 Å². The average Bonchev–Trinajstić information content (AvgIpc) is 3.13. The summed E-state index contributed by atoms with van der Waals surface area (Å²) in [5, 5.41) is 18.8. The average molecular weight is 309 g/mol. The molecular weight excluding hydrogens is 286 g/mol. The van der Waals surface area contributed by atoms with Crippen molar-refractivity contribution in [1.29, 1.82) is 0 Å². The van der Waals surface area contributed by atoms with Crippen LogP contribution >= 0.6 is 0 Å². The van der Waals surface area contributed by atoms with Crippen LogP contribution in [0.2, 0.25) is 0 Å². The fourth-order valence-electron chi connectivity index (χ4n) is 3.62. The van der Waals surface area contributed by atoms with E-state index < -0.39 is 12.4 Å². The number of rotatable bonds is 3. The maximum absolute atomic E-state index is 10.9. The molecular formula is C15H23N3O4.